The third kappa shape index (κ3) is 4.34. The van der Waals surface area contributed by atoms with E-state index in [1.165, 1.54) is 11.8 Å². The first-order valence-electron chi connectivity index (χ1n) is 7.43. The summed E-state index contributed by atoms with van der Waals surface area (Å²) < 4.78 is 9.03. The van der Waals surface area contributed by atoms with Crippen LogP contribution >= 0.6 is 43.6 Å². The normalized spacial score (nSPS) is 10.8. The second kappa shape index (κ2) is 8.20. The molecular formula is C16H14Br2N4O2S. The molecule has 0 aliphatic rings. The van der Waals surface area contributed by atoms with E-state index in [0.717, 1.165) is 8.95 Å². The van der Waals surface area contributed by atoms with Crippen LogP contribution in [-0.4, -0.2) is 26.4 Å². The maximum atomic E-state index is 12.2. The number of carbonyl (C=O) groups excluding carboxylic acids is 1. The van der Waals surface area contributed by atoms with Crippen LogP contribution in [0.25, 0.3) is 11.6 Å². The number of hydrogen-bond donors (Lipinski definition) is 1. The molecule has 0 radical (unpaired) electrons. The fourth-order valence-electron chi connectivity index (χ4n) is 2.18. The van der Waals surface area contributed by atoms with Gasteiger partial charge in [-0.25, -0.2) is 0 Å². The number of halogens is 2. The van der Waals surface area contributed by atoms with Crippen molar-refractivity contribution in [2.75, 3.05) is 11.1 Å². The van der Waals surface area contributed by atoms with Crippen molar-refractivity contribution < 1.29 is 9.21 Å². The second-order valence-electron chi connectivity index (χ2n) is 4.99. The number of thioether (sulfide) groups is 1. The summed E-state index contributed by atoms with van der Waals surface area (Å²) in [6.07, 6.45) is 1.60. The van der Waals surface area contributed by atoms with Crippen molar-refractivity contribution in [1.82, 2.24) is 14.8 Å². The van der Waals surface area contributed by atoms with E-state index in [1.54, 1.807) is 12.3 Å². The minimum Gasteiger partial charge on any atom is -0.461 e. The first-order valence-corrected chi connectivity index (χ1v) is 10.0. The molecular weight excluding hydrogens is 472 g/mol. The Morgan fingerprint density at radius 3 is 2.88 bits per heavy atom. The minimum absolute atomic E-state index is 0.117. The van der Waals surface area contributed by atoms with Crippen LogP contribution in [0.15, 0.2) is 55.1 Å². The predicted octanol–water partition coefficient (Wildman–Crippen LogP) is 4.81. The fraction of sp³-hybridized carbons (Fsp3) is 0.188. The molecule has 2 aromatic heterocycles. The van der Waals surface area contributed by atoms with Crippen molar-refractivity contribution in [3.8, 4) is 11.6 Å². The lowest BCUT2D eigenvalue weighted by Crippen LogP contribution is -2.15. The summed E-state index contributed by atoms with van der Waals surface area (Å²) in [5.74, 6) is 1.43. The average molecular weight is 486 g/mol. The van der Waals surface area contributed by atoms with Gasteiger partial charge in [-0.15, -0.1) is 10.2 Å². The Balaban J connectivity index is 1.67. The maximum absolute atomic E-state index is 12.2. The summed E-state index contributed by atoms with van der Waals surface area (Å²) in [5, 5.41) is 11.9. The number of benzene rings is 1. The Bertz CT molecular complexity index is 880. The van der Waals surface area contributed by atoms with Crippen molar-refractivity contribution in [3.63, 3.8) is 0 Å². The number of aromatic nitrogens is 3. The van der Waals surface area contributed by atoms with Gasteiger partial charge in [-0.3, -0.25) is 9.36 Å². The molecule has 0 fully saturated rings. The molecule has 0 spiro atoms. The molecule has 0 saturated carbocycles. The van der Waals surface area contributed by atoms with E-state index < -0.39 is 0 Å². The van der Waals surface area contributed by atoms with Crippen LogP contribution < -0.4 is 5.32 Å². The molecule has 25 heavy (non-hydrogen) atoms. The zero-order valence-corrected chi connectivity index (χ0v) is 17.2. The molecule has 1 aromatic carbocycles. The van der Waals surface area contributed by atoms with Crippen molar-refractivity contribution in [3.05, 3.63) is 45.5 Å². The Kier molecular flexibility index (Phi) is 5.98. The Morgan fingerprint density at radius 2 is 2.16 bits per heavy atom. The molecule has 0 aliphatic carbocycles. The third-order valence-corrected chi connectivity index (χ3v) is 5.46. The number of nitrogens with one attached hydrogen (secondary N) is 1. The van der Waals surface area contributed by atoms with E-state index in [0.29, 0.717) is 29.0 Å². The zero-order chi connectivity index (χ0) is 17.8. The number of carbonyl (C=O) groups is 1. The quantitative estimate of drug-likeness (QED) is 0.507. The van der Waals surface area contributed by atoms with E-state index >= 15 is 0 Å². The van der Waals surface area contributed by atoms with Gasteiger partial charge < -0.3 is 9.73 Å². The molecule has 0 atom stereocenters. The Morgan fingerprint density at radius 1 is 1.32 bits per heavy atom. The van der Waals surface area contributed by atoms with Gasteiger partial charge >= 0.3 is 0 Å². The summed E-state index contributed by atoms with van der Waals surface area (Å²) >= 11 is 8.15. The second-order valence-corrected chi connectivity index (χ2v) is 7.70. The molecule has 0 unspecified atom stereocenters. The predicted molar refractivity (Wildman–Crippen MR) is 105 cm³/mol. The van der Waals surface area contributed by atoms with Gasteiger partial charge in [0.05, 0.1) is 17.7 Å². The summed E-state index contributed by atoms with van der Waals surface area (Å²) in [7, 11) is 0. The SMILES string of the molecule is CCn1c(SCC(=O)Nc2cc(Br)ccc2Br)nnc1-c1ccco1. The molecule has 0 bridgehead atoms. The van der Waals surface area contributed by atoms with Crippen LogP contribution in [0.5, 0.6) is 0 Å². The number of rotatable bonds is 6. The number of hydrogen-bond acceptors (Lipinski definition) is 5. The van der Waals surface area contributed by atoms with Crippen LogP contribution in [-0.2, 0) is 11.3 Å². The summed E-state index contributed by atoms with van der Waals surface area (Å²) in [6.45, 7) is 2.68. The van der Waals surface area contributed by atoms with E-state index in [9.17, 15) is 4.79 Å². The monoisotopic (exact) mass is 484 g/mol. The van der Waals surface area contributed by atoms with Crippen molar-refractivity contribution >= 4 is 55.2 Å². The lowest BCUT2D eigenvalue weighted by molar-refractivity contribution is -0.113. The zero-order valence-electron chi connectivity index (χ0n) is 13.2. The molecule has 130 valence electrons. The fourth-order valence-corrected chi connectivity index (χ4v) is 3.69. The molecule has 1 amide bonds. The smallest absolute Gasteiger partial charge is 0.234 e. The van der Waals surface area contributed by atoms with Crippen LogP contribution in [0.1, 0.15) is 6.92 Å². The lowest BCUT2D eigenvalue weighted by Gasteiger charge is -2.08. The van der Waals surface area contributed by atoms with Gasteiger partial charge in [-0.1, -0.05) is 27.7 Å². The van der Waals surface area contributed by atoms with Gasteiger partial charge in [0.1, 0.15) is 0 Å². The first kappa shape index (κ1) is 18.2. The molecule has 9 heteroatoms. The van der Waals surface area contributed by atoms with Gasteiger partial charge in [0, 0.05) is 15.5 Å². The van der Waals surface area contributed by atoms with Gasteiger partial charge in [0.25, 0.3) is 0 Å². The molecule has 3 aromatic rings. The molecule has 0 saturated heterocycles. The van der Waals surface area contributed by atoms with Gasteiger partial charge in [-0.05, 0) is 53.2 Å². The van der Waals surface area contributed by atoms with Crippen molar-refractivity contribution in [2.24, 2.45) is 0 Å². The molecule has 0 aliphatic heterocycles. The molecule has 6 nitrogen and oxygen atoms in total. The topological polar surface area (TPSA) is 73.0 Å². The molecule has 3 rings (SSSR count). The minimum atomic E-state index is -0.117. The van der Waals surface area contributed by atoms with Crippen LogP contribution in [0, 0.1) is 0 Å². The van der Waals surface area contributed by atoms with Crippen LogP contribution in [0.2, 0.25) is 0 Å². The molecule has 1 N–H and O–H groups in total. The van der Waals surface area contributed by atoms with Gasteiger partial charge in [0.2, 0.25) is 5.91 Å². The van der Waals surface area contributed by atoms with Gasteiger partial charge in [0.15, 0.2) is 16.7 Å². The standard InChI is InChI=1S/C16H14Br2N4O2S/c1-2-22-15(13-4-3-7-24-13)20-21-16(22)25-9-14(23)19-12-8-10(17)5-6-11(12)18/h3-8H,2,9H2,1H3,(H,19,23). The molecule has 2 heterocycles. The first-order chi connectivity index (χ1) is 12.1. The van der Waals surface area contributed by atoms with Crippen molar-refractivity contribution in [2.45, 2.75) is 18.6 Å². The van der Waals surface area contributed by atoms with Crippen molar-refractivity contribution in [1.29, 1.82) is 0 Å². The highest BCUT2D eigenvalue weighted by molar-refractivity contribution is 9.11. The van der Waals surface area contributed by atoms with E-state index in [1.807, 2.05) is 35.8 Å². The van der Waals surface area contributed by atoms with E-state index in [-0.39, 0.29) is 11.7 Å². The van der Waals surface area contributed by atoms with Crippen LogP contribution in [0.3, 0.4) is 0 Å². The highest BCUT2D eigenvalue weighted by Crippen LogP contribution is 2.27. The largest absolute Gasteiger partial charge is 0.461 e. The Hall–Kier alpha value is -1.58. The summed E-state index contributed by atoms with van der Waals surface area (Å²) in [6, 6.07) is 9.25. The number of anilines is 1. The summed E-state index contributed by atoms with van der Waals surface area (Å²) in [5.41, 5.74) is 0.716. The number of amides is 1. The number of nitrogens with zero attached hydrogens (tertiary/aromatic N) is 3. The third-order valence-electron chi connectivity index (χ3n) is 3.31. The maximum Gasteiger partial charge on any atom is 0.234 e. The average Bonchev–Trinajstić information content (AvgIpc) is 3.24. The lowest BCUT2D eigenvalue weighted by atomic mass is 10.3. The van der Waals surface area contributed by atoms with Gasteiger partial charge in [-0.2, -0.15) is 0 Å². The Labute approximate surface area is 165 Å². The highest BCUT2D eigenvalue weighted by atomic mass is 79.9. The van der Waals surface area contributed by atoms with E-state index in [2.05, 4.69) is 47.4 Å². The highest BCUT2D eigenvalue weighted by Gasteiger charge is 2.16. The number of furan rings is 1. The van der Waals surface area contributed by atoms with E-state index in [4.69, 9.17) is 4.42 Å². The summed E-state index contributed by atoms with van der Waals surface area (Å²) in [4.78, 5) is 12.2. The van der Waals surface area contributed by atoms with Crippen LogP contribution in [0.4, 0.5) is 5.69 Å².